The maximum Gasteiger partial charge on any atom is 0.250 e. The molecule has 2 rings (SSSR count). The number of methoxy groups -OCH3 is 1. The average Bonchev–Trinajstić information content (AvgIpc) is 2.48. The fourth-order valence-electron chi connectivity index (χ4n) is 2.41. The molecule has 1 N–H and O–H groups in total. The number of carbonyl (C=O) groups is 1. The van der Waals surface area contributed by atoms with Crippen molar-refractivity contribution in [2.45, 2.75) is 6.92 Å². The maximum atomic E-state index is 11.4. The van der Waals surface area contributed by atoms with E-state index in [-0.39, 0.29) is 12.5 Å². The van der Waals surface area contributed by atoms with Crippen LogP contribution in [0.2, 0.25) is 0 Å². The Morgan fingerprint density at radius 3 is 2.40 bits per heavy atom. The summed E-state index contributed by atoms with van der Waals surface area (Å²) in [6, 6.07) is 8.00. The van der Waals surface area contributed by atoms with Crippen LogP contribution in [-0.2, 0) is 9.53 Å². The van der Waals surface area contributed by atoms with E-state index in [1.807, 2.05) is 12.1 Å². The third-order valence-corrected chi connectivity index (χ3v) is 3.61. The summed E-state index contributed by atoms with van der Waals surface area (Å²) in [6.45, 7) is 7.75. The molecule has 1 fully saturated rings. The molecular formula is C15H23N3O2. The van der Waals surface area contributed by atoms with Gasteiger partial charge in [0.25, 0.3) is 0 Å². The van der Waals surface area contributed by atoms with Gasteiger partial charge >= 0.3 is 0 Å². The van der Waals surface area contributed by atoms with Crippen molar-refractivity contribution in [1.82, 2.24) is 4.90 Å². The summed E-state index contributed by atoms with van der Waals surface area (Å²) >= 11 is 0. The summed E-state index contributed by atoms with van der Waals surface area (Å²) < 4.78 is 4.79. The van der Waals surface area contributed by atoms with E-state index in [1.165, 1.54) is 12.8 Å². The highest BCUT2D eigenvalue weighted by Gasteiger charge is 2.15. The van der Waals surface area contributed by atoms with Crippen LogP contribution >= 0.6 is 0 Å². The summed E-state index contributed by atoms with van der Waals surface area (Å²) in [5.74, 6) is -0.128. The zero-order valence-electron chi connectivity index (χ0n) is 12.3. The molecular weight excluding hydrogens is 254 g/mol. The second-order valence-electron chi connectivity index (χ2n) is 4.95. The van der Waals surface area contributed by atoms with Crippen LogP contribution < -0.4 is 10.2 Å². The zero-order chi connectivity index (χ0) is 14.4. The Kier molecular flexibility index (Phi) is 5.38. The van der Waals surface area contributed by atoms with Crippen LogP contribution in [0, 0.1) is 0 Å². The Hall–Kier alpha value is -1.59. The molecule has 1 aromatic rings. The molecule has 1 aliphatic heterocycles. The lowest BCUT2D eigenvalue weighted by atomic mass is 10.2. The Morgan fingerprint density at radius 1 is 1.20 bits per heavy atom. The van der Waals surface area contributed by atoms with Crippen LogP contribution in [0.3, 0.4) is 0 Å². The van der Waals surface area contributed by atoms with Crippen LogP contribution in [-0.4, -0.2) is 57.2 Å². The van der Waals surface area contributed by atoms with Crippen LogP contribution in [0.15, 0.2) is 24.3 Å². The van der Waals surface area contributed by atoms with Crippen molar-refractivity contribution in [3.8, 4) is 0 Å². The van der Waals surface area contributed by atoms with Gasteiger partial charge < -0.3 is 19.9 Å². The van der Waals surface area contributed by atoms with Gasteiger partial charge in [-0.05, 0) is 30.8 Å². The minimum atomic E-state index is -0.128. The molecule has 0 spiro atoms. The summed E-state index contributed by atoms with van der Waals surface area (Å²) in [5, 5.41) is 2.80. The molecule has 0 aliphatic carbocycles. The molecule has 1 aliphatic rings. The van der Waals surface area contributed by atoms with E-state index in [1.54, 1.807) is 0 Å². The van der Waals surface area contributed by atoms with Gasteiger partial charge in [-0.2, -0.15) is 0 Å². The topological polar surface area (TPSA) is 44.8 Å². The number of ether oxygens (including phenoxy) is 1. The number of amides is 1. The number of anilines is 2. The Morgan fingerprint density at radius 2 is 1.85 bits per heavy atom. The third kappa shape index (κ3) is 3.95. The van der Waals surface area contributed by atoms with E-state index in [2.05, 4.69) is 34.2 Å². The number of rotatable bonds is 5. The molecule has 0 unspecified atom stereocenters. The van der Waals surface area contributed by atoms with Gasteiger partial charge in [-0.1, -0.05) is 6.92 Å². The Labute approximate surface area is 120 Å². The monoisotopic (exact) mass is 277 g/mol. The normalized spacial score (nSPS) is 16.2. The van der Waals surface area contributed by atoms with Crippen LogP contribution in [0.1, 0.15) is 6.92 Å². The fraction of sp³-hybridized carbons (Fsp3) is 0.533. The first-order chi connectivity index (χ1) is 9.72. The molecule has 1 aromatic carbocycles. The summed E-state index contributed by atoms with van der Waals surface area (Å²) in [5.41, 5.74) is 2.02. The summed E-state index contributed by atoms with van der Waals surface area (Å²) in [7, 11) is 1.51. The third-order valence-electron chi connectivity index (χ3n) is 3.61. The highest BCUT2D eigenvalue weighted by atomic mass is 16.5. The number of hydrogen-bond donors (Lipinski definition) is 1. The van der Waals surface area contributed by atoms with Gasteiger partial charge in [-0.25, -0.2) is 0 Å². The molecule has 0 saturated carbocycles. The summed E-state index contributed by atoms with van der Waals surface area (Å²) in [6.07, 6.45) is 0. The fourth-order valence-corrected chi connectivity index (χ4v) is 2.41. The predicted octanol–water partition coefficient (Wildman–Crippen LogP) is 1.41. The molecule has 0 atom stereocenters. The maximum absolute atomic E-state index is 11.4. The molecule has 0 bridgehead atoms. The molecule has 110 valence electrons. The van der Waals surface area contributed by atoms with Gasteiger partial charge in [0.05, 0.1) is 0 Å². The van der Waals surface area contributed by atoms with Crippen molar-refractivity contribution >= 4 is 17.3 Å². The zero-order valence-corrected chi connectivity index (χ0v) is 12.3. The Bertz CT molecular complexity index is 425. The van der Waals surface area contributed by atoms with Gasteiger partial charge in [0, 0.05) is 44.7 Å². The molecule has 20 heavy (non-hydrogen) atoms. The minimum absolute atomic E-state index is 0.0841. The molecule has 1 heterocycles. The lowest BCUT2D eigenvalue weighted by Crippen LogP contribution is -2.46. The standard InChI is InChI=1S/C15H23N3O2/c1-3-17-8-10-18(11-9-17)14-6-4-13(5-7-14)16-15(19)12-20-2/h4-7H,3,8-12H2,1-2H3,(H,16,19). The Balaban J connectivity index is 1.90. The van der Waals surface area contributed by atoms with Crippen molar-refractivity contribution in [2.24, 2.45) is 0 Å². The molecule has 0 aromatic heterocycles. The van der Waals surface area contributed by atoms with Crippen molar-refractivity contribution in [3.63, 3.8) is 0 Å². The second-order valence-corrected chi connectivity index (χ2v) is 4.95. The molecule has 1 amide bonds. The molecule has 5 heteroatoms. The van der Waals surface area contributed by atoms with E-state index in [9.17, 15) is 4.79 Å². The second kappa shape index (κ2) is 7.26. The van der Waals surface area contributed by atoms with Crippen LogP contribution in [0.4, 0.5) is 11.4 Å². The number of hydrogen-bond acceptors (Lipinski definition) is 4. The van der Waals surface area contributed by atoms with Gasteiger partial charge in [-0.15, -0.1) is 0 Å². The smallest absolute Gasteiger partial charge is 0.250 e. The number of likely N-dealkylation sites (N-methyl/N-ethyl adjacent to an activating group) is 1. The number of carbonyl (C=O) groups excluding carboxylic acids is 1. The van der Waals surface area contributed by atoms with Crippen LogP contribution in [0.5, 0.6) is 0 Å². The summed E-state index contributed by atoms with van der Waals surface area (Å²) in [4.78, 5) is 16.3. The van der Waals surface area contributed by atoms with Gasteiger partial charge in [0.1, 0.15) is 6.61 Å². The van der Waals surface area contributed by atoms with Crippen LogP contribution in [0.25, 0.3) is 0 Å². The van der Waals surface area contributed by atoms with Crippen molar-refractivity contribution in [3.05, 3.63) is 24.3 Å². The highest BCUT2D eigenvalue weighted by Crippen LogP contribution is 2.19. The molecule has 0 radical (unpaired) electrons. The van der Waals surface area contributed by atoms with Crippen molar-refractivity contribution in [2.75, 3.05) is 56.7 Å². The first-order valence-electron chi connectivity index (χ1n) is 7.09. The average molecular weight is 277 g/mol. The van der Waals surface area contributed by atoms with E-state index >= 15 is 0 Å². The van der Waals surface area contributed by atoms with E-state index < -0.39 is 0 Å². The van der Waals surface area contributed by atoms with Crippen molar-refractivity contribution < 1.29 is 9.53 Å². The lowest BCUT2D eigenvalue weighted by Gasteiger charge is -2.35. The minimum Gasteiger partial charge on any atom is -0.375 e. The lowest BCUT2D eigenvalue weighted by molar-refractivity contribution is -0.119. The van der Waals surface area contributed by atoms with E-state index in [0.717, 1.165) is 38.4 Å². The molecule has 1 saturated heterocycles. The number of nitrogens with zero attached hydrogens (tertiary/aromatic N) is 2. The molecule has 5 nitrogen and oxygen atoms in total. The SMILES string of the molecule is CCN1CCN(c2ccc(NC(=O)COC)cc2)CC1. The largest absolute Gasteiger partial charge is 0.375 e. The first-order valence-corrected chi connectivity index (χ1v) is 7.09. The van der Waals surface area contributed by atoms with E-state index in [0.29, 0.717) is 0 Å². The van der Waals surface area contributed by atoms with Gasteiger partial charge in [0.2, 0.25) is 5.91 Å². The van der Waals surface area contributed by atoms with Gasteiger partial charge in [0.15, 0.2) is 0 Å². The highest BCUT2D eigenvalue weighted by molar-refractivity contribution is 5.91. The quantitative estimate of drug-likeness (QED) is 0.884. The van der Waals surface area contributed by atoms with E-state index in [4.69, 9.17) is 4.74 Å². The number of benzene rings is 1. The first kappa shape index (κ1) is 14.8. The predicted molar refractivity (Wildman–Crippen MR) is 81.3 cm³/mol. The number of nitrogens with one attached hydrogen (secondary N) is 1. The number of piperazine rings is 1. The van der Waals surface area contributed by atoms with Crippen molar-refractivity contribution in [1.29, 1.82) is 0 Å². The van der Waals surface area contributed by atoms with Gasteiger partial charge in [-0.3, -0.25) is 4.79 Å².